The Labute approximate surface area is 116 Å². The lowest BCUT2D eigenvalue weighted by molar-refractivity contribution is 0.0877. The van der Waals surface area contributed by atoms with Crippen LogP contribution in [0.15, 0.2) is 18.2 Å². The van der Waals surface area contributed by atoms with Crippen molar-refractivity contribution in [2.24, 2.45) is 5.41 Å². The molecule has 0 aromatic heterocycles. The van der Waals surface area contributed by atoms with Crippen LogP contribution in [0.25, 0.3) is 0 Å². The van der Waals surface area contributed by atoms with E-state index in [4.69, 9.17) is 11.6 Å². The fraction of sp³-hybridized carbons (Fsp3) is 0.500. The first-order valence-corrected chi connectivity index (χ1v) is 6.78. The second-order valence-electron chi connectivity index (χ2n) is 5.17. The molecule has 1 aliphatic rings. The Morgan fingerprint density at radius 1 is 1.42 bits per heavy atom. The van der Waals surface area contributed by atoms with Gasteiger partial charge in [-0.1, -0.05) is 24.4 Å². The quantitative estimate of drug-likeness (QED) is 0.894. The summed E-state index contributed by atoms with van der Waals surface area (Å²) in [6, 6.07) is 3.89. The summed E-state index contributed by atoms with van der Waals surface area (Å²) in [7, 11) is 0. The molecule has 1 aromatic carbocycles. The first-order chi connectivity index (χ1) is 9.06. The molecule has 2 N–H and O–H groups in total. The van der Waals surface area contributed by atoms with Crippen LogP contribution in [0.4, 0.5) is 4.39 Å². The third-order valence-electron chi connectivity index (χ3n) is 3.80. The molecule has 0 heterocycles. The van der Waals surface area contributed by atoms with Crippen molar-refractivity contribution in [3.05, 3.63) is 34.6 Å². The Hall–Kier alpha value is -1.13. The normalized spacial score (nSPS) is 17.4. The van der Waals surface area contributed by atoms with Gasteiger partial charge in [-0.15, -0.1) is 0 Å². The smallest absolute Gasteiger partial charge is 0.254 e. The molecule has 0 aliphatic heterocycles. The maximum Gasteiger partial charge on any atom is 0.254 e. The van der Waals surface area contributed by atoms with Gasteiger partial charge in [0.05, 0.1) is 12.2 Å². The minimum absolute atomic E-state index is 0.0469. The number of aliphatic hydroxyl groups excluding tert-OH is 1. The molecule has 1 aromatic rings. The molecule has 3 nitrogen and oxygen atoms in total. The number of carbonyl (C=O) groups is 1. The number of rotatable bonds is 4. The largest absolute Gasteiger partial charge is 0.396 e. The number of nitrogens with one attached hydrogen (secondary N) is 1. The van der Waals surface area contributed by atoms with Crippen LogP contribution in [-0.4, -0.2) is 24.2 Å². The van der Waals surface area contributed by atoms with E-state index in [9.17, 15) is 14.3 Å². The highest BCUT2D eigenvalue weighted by Crippen LogP contribution is 2.36. The first-order valence-electron chi connectivity index (χ1n) is 6.40. The zero-order valence-electron chi connectivity index (χ0n) is 10.6. The molecule has 0 bridgehead atoms. The maximum atomic E-state index is 13.5. The Morgan fingerprint density at radius 3 is 2.74 bits per heavy atom. The van der Waals surface area contributed by atoms with E-state index in [-0.39, 0.29) is 17.6 Å². The van der Waals surface area contributed by atoms with Gasteiger partial charge in [0.15, 0.2) is 0 Å². The minimum atomic E-state index is -0.591. The number of benzene rings is 1. The summed E-state index contributed by atoms with van der Waals surface area (Å²) in [5, 5.41) is 12.5. The van der Waals surface area contributed by atoms with Crippen molar-refractivity contribution in [2.45, 2.75) is 25.7 Å². The lowest BCUT2D eigenvalue weighted by Crippen LogP contribution is -2.38. The standard InChI is InChI=1S/C14H17ClFNO2/c15-10-3-4-12(16)11(7-10)13(19)17-8-14(9-18)5-1-2-6-14/h3-4,7,18H,1-2,5-6,8-9H2,(H,17,19). The van der Waals surface area contributed by atoms with E-state index in [1.165, 1.54) is 18.2 Å². The molecule has 19 heavy (non-hydrogen) atoms. The second kappa shape index (κ2) is 5.88. The number of carbonyl (C=O) groups excluding carboxylic acids is 1. The van der Waals surface area contributed by atoms with Gasteiger partial charge in [0, 0.05) is 17.0 Å². The molecule has 0 spiro atoms. The Morgan fingerprint density at radius 2 is 2.11 bits per heavy atom. The monoisotopic (exact) mass is 285 g/mol. The van der Waals surface area contributed by atoms with Crippen LogP contribution in [0, 0.1) is 11.2 Å². The first kappa shape index (κ1) is 14.3. The average Bonchev–Trinajstić information content (AvgIpc) is 2.88. The Balaban J connectivity index is 2.03. The molecule has 0 radical (unpaired) electrons. The lowest BCUT2D eigenvalue weighted by Gasteiger charge is -2.26. The lowest BCUT2D eigenvalue weighted by atomic mass is 9.87. The van der Waals surface area contributed by atoms with Gasteiger partial charge in [-0.05, 0) is 31.0 Å². The van der Waals surface area contributed by atoms with Gasteiger partial charge in [-0.25, -0.2) is 4.39 Å². The fourth-order valence-corrected chi connectivity index (χ4v) is 2.72. The number of hydrogen-bond acceptors (Lipinski definition) is 2. The molecule has 1 aliphatic carbocycles. The number of halogens is 2. The van der Waals surface area contributed by atoms with Gasteiger partial charge in [0.1, 0.15) is 5.82 Å². The number of amides is 1. The van der Waals surface area contributed by atoms with Crippen molar-refractivity contribution in [3.8, 4) is 0 Å². The minimum Gasteiger partial charge on any atom is -0.396 e. The van der Waals surface area contributed by atoms with Crippen molar-refractivity contribution >= 4 is 17.5 Å². The van der Waals surface area contributed by atoms with Crippen LogP contribution in [0.3, 0.4) is 0 Å². The summed E-state index contributed by atoms with van der Waals surface area (Å²) >= 11 is 5.76. The average molecular weight is 286 g/mol. The molecule has 104 valence electrons. The van der Waals surface area contributed by atoms with Crippen LogP contribution in [0.1, 0.15) is 36.0 Å². The third kappa shape index (κ3) is 3.25. The zero-order valence-corrected chi connectivity index (χ0v) is 11.3. The predicted molar refractivity (Wildman–Crippen MR) is 71.7 cm³/mol. The number of aliphatic hydroxyl groups is 1. The van der Waals surface area contributed by atoms with Crippen LogP contribution in [0.5, 0.6) is 0 Å². The molecule has 5 heteroatoms. The van der Waals surface area contributed by atoms with Crippen molar-refractivity contribution in [1.82, 2.24) is 5.32 Å². The predicted octanol–water partition coefficient (Wildman–Crippen LogP) is 2.76. The molecule has 0 atom stereocenters. The maximum absolute atomic E-state index is 13.5. The van der Waals surface area contributed by atoms with Crippen LogP contribution in [0.2, 0.25) is 5.02 Å². The van der Waals surface area contributed by atoms with Crippen molar-refractivity contribution in [1.29, 1.82) is 0 Å². The van der Waals surface area contributed by atoms with Crippen molar-refractivity contribution in [2.75, 3.05) is 13.2 Å². The summed E-state index contributed by atoms with van der Waals surface area (Å²) in [6.45, 7) is 0.416. The van der Waals surface area contributed by atoms with Crippen molar-refractivity contribution in [3.63, 3.8) is 0 Å². The molecule has 1 saturated carbocycles. The molecule has 2 rings (SSSR count). The molecule has 1 fully saturated rings. The van der Waals surface area contributed by atoms with Gasteiger partial charge < -0.3 is 10.4 Å². The Bertz CT molecular complexity index is 473. The van der Waals surface area contributed by atoms with E-state index in [2.05, 4.69) is 5.32 Å². The topological polar surface area (TPSA) is 49.3 Å². The van der Waals surface area contributed by atoms with E-state index < -0.39 is 11.7 Å². The summed E-state index contributed by atoms with van der Waals surface area (Å²) in [5.74, 6) is -1.08. The van der Waals surface area contributed by atoms with Crippen LogP contribution < -0.4 is 5.32 Å². The summed E-state index contributed by atoms with van der Waals surface area (Å²) in [6.07, 6.45) is 3.90. The van der Waals surface area contributed by atoms with E-state index in [1.54, 1.807) is 0 Å². The SMILES string of the molecule is O=C(NCC1(CO)CCCC1)c1cc(Cl)ccc1F. The Kier molecular flexibility index (Phi) is 4.42. The summed E-state index contributed by atoms with van der Waals surface area (Å²) in [5.41, 5.74) is -0.302. The second-order valence-corrected chi connectivity index (χ2v) is 5.61. The fourth-order valence-electron chi connectivity index (χ4n) is 2.55. The molecular weight excluding hydrogens is 269 g/mol. The molecule has 0 unspecified atom stereocenters. The summed E-state index contributed by atoms with van der Waals surface area (Å²) in [4.78, 5) is 11.9. The summed E-state index contributed by atoms with van der Waals surface area (Å²) < 4.78 is 13.5. The van der Waals surface area contributed by atoms with Gasteiger partial charge in [-0.2, -0.15) is 0 Å². The molecular formula is C14H17ClFNO2. The zero-order chi connectivity index (χ0) is 13.9. The van der Waals surface area contributed by atoms with Gasteiger partial charge >= 0.3 is 0 Å². The number of hydrogen-bond donors (Lipinski definition) is 2. The molecule has 1 amide bonds. The van der Waals surface area contributed by atoms with Gasteiger partial charge in [-0.3, -0.25) is 4.79 Å². The van der Waals surface area contributed by atoms with Gasteiger partial charge in [0.25, 0.3) is 5.91 Å². The van der Waals surface area contributed by atoms with E-state index in [0.29, 0.717) is 11.6 Å². The third-order valence-corrected chi connectivity index (χ3v) is 4.03. The van der Waals surface area contributed by atoms with Gasteiger partial charge in [0.2, 0.25) is 0 Å². The molecule has 0 saturated heterocycles. The van der Waals surface area contributed by atoms with Crippen molar-refractivity contribution < 1.29 is 14.3 Å². The van der Waals surface area contributed by atoms with E-state index in [1.807, 2.05) is 0 Å². The van der Waals surface area contributed by atoms with E-state index in [0.717, 1.165) is 25.7 Å². The van der Waals surface area contributed by atoms with Crippen LogP contribution in [-0.2, 0) is 0 Å². The highest BCUT2D eigenvalue weighted by Gasteiger charge is 2.33. The van der Waals surface area contributed by atoms with E-state index >= 15 is 0 Å². The highest BCUT2D eigenvalue weighted by molar-refractivity contribution is 6.30. The van der Waals surface area contributed by atoms with Crippen LogP contribution >= 0.6 is 11.6 Å². The highest BCUT2D eigenvalue weighted by atomic mass is 35.5.